The summed E-state index contributed by atoms with van der Waals surface area (Å²) in [5, 5.41) is 8.86. The second kappa shape index (κ2) is 7.50. The number of hydrogen-bond acceptors (Lipinski definition) is 3. The highest BCUT2D eigenvalue weighted by molar-refractivity contribution is 7.98. The van der Waals surface area contributed by atoms with E-state index in [1.807, 2.05) is 30.5 Å². The number of carbonyl (C=O) groups excluding carboxylic acids is 1. The van der Waals surface area contributed by atoms with E-state index >= 15 is 0 Å². The van der Waals surface area contributed by atoms with Gasteiger partial charge >= 0.3 is 5.97 Å². The zero-order valence-electron chi connectivity index (χ0n) is 13.0. The first kappa shape index (κ1) is 17.6. The summed E-state index contributed by atoms with van der Waals surface area (Å²) in [5.41, 5.74) is 0.541. The predicted octanol–water partition coefficient (Wildman–Crippen LogP) is 3.26. The molecule has 1 amide bonds. The van der Waals surface area contributed by atoms with Gasteiger partial charge in [-0.3, -0.25) is 9.59 Å². The zero-order chi connectivity index (χ0) is 16.0. The van der Waals surface area contributed by atoms with Crippen LogP contribution in [0.25, 0.3) is 0 Å². The Kier molecular flexibility index (Phi) is 6.27. The molecule has 1 rings (SSSR count). The standard InChI is InChI=1S/C16H23NO3S/c1-16(2,10-15(19)20)9-14(18)17(3)11-12-5-7-13(21-4)8-6-12/h5-8H,9-11H2,1-4H3,(H,19,20). The molecule has 116 valence electrons. The third-order valence-electron chi connectivity index (χ3n) is 3.26. The highest BCUT2D eigenvalue weighted by Gasteiger charge is 2.26. The minimum Gasteiger partial charge on any atom is -0.481 e. The van der Waals surface area contributed by atoms with Crippen LogP contribution in [0.4, 0.5) is 0 Å². The molecule has 0 radical (unpaired) electrons. The molecule has 1 N–H and O–H groups in total. The quantitative estimate of drug-likeness (QED) is 0.785. The summed E-state index contributed by atoms with van der Waals surface area (Å²) in [6.45, 7) is 4.15. The van der Waals surface area contributed by atoms with Crippen LogP contribution in [0.15, 0.2) is 29.2 Å². The van der Waals surface area contributed by atoms with E-state index in [0.717, 1.165) is 5.56 Å². The molecule has 0 aliphatic rings. The number of carboxylic acid groups (broad SMARTS) is 1. The summed E-state index contributed by atoms with van der Waals surface area (Å²) >= 11 is 1.68. The van der Waals surface area contributed by atoms with Crippen LogP contribution in [0, 0.1) is 5.41 Å². The number of thioether (sulfide) groups is 1. The second-order valence-corrected chi connectivity index (χ2v) is 6.89. The molecule has 0 aliphatic carbocycles. The van der Waals surface area contributed by atoms with Crippen molar-refractivity contribution in [3.05, 3.63) is 29.8 Å². The molecule has 1 aromatic carbocycles. The second-order valence-electron chi connectivity index (χ2n) is 6.01. The SMILES string of the molecule is CSc1ccc(CN(C)C(=O)CC(C)(C)CC(=O)O)cc1. The van der Waals surface area contributed by atoms with Crippen molar-refractivity contribution >= 4 is 23.6 Å². The maximum absolute atomic E-state index is 12.2. The number of rotatable bonds is 7. The number of hydrogen-bond donors (Lipinski definition) is 1. The Balaban J connectivity index is 2.59. The van der Waals surface area contributed by atoms with E-state index in [1.165, 1.54) is 4.90 Å². The highest BCUT2D eigenvalue weighted by atomic mass is 32.2. The molecule has 4 nitrogen and oxygen atoms in total. The van der Waals surface area contributed by atoms with Crippen molar-refractivity contribution in [3.63, 3.8) is 0 Å². The molecule has 5 heteroatoms. The minimum atomic E-state index is -0.872. The van der Waals surface area contributed by atoms with Crippen LogP contribution in [0.2, 0.25) is 0 Å². The molecule has 0 bridgehead atoms. The van der Waals surface area contributed by atoms with Crippen molar-refractivity contribution in [1.29, 1.82) is 0 Å². The summed E-state index contributed by atoms with van der Waals surface area (Å²) in [7, 11) is 1.75. The van der Waals surface area contributed by atoms with Gasteiger partial charge in [0.2, 0.25) is 5.91 Å². The molecule has 0 heterocycles. The van der Waals surface area contributed by atoms with Gasteiger partial charge in [0.05, 0.1) is 6.42 Å². The fourth-order valence-electron chi connectivity index (χ4n) is 2.11. The molecule has 1 aromatic rings. The van der Waals surface area contributed by atoms with Gasteiger partial charge in [0.1, 0.15) is 0 Å². The van der Waals surface area contributed by atoms with Crippen LogP contribution in [0.3, 0.4) is 0 Å². The third-order valence-corrected chi connectivity index (χ3v) is 4.01. The first-order valence-corrected chi connectivity index (χ1v) is 8.05. The Morgan fingerprint density at radius 1 is 1.19 bits per heavy atom. The lowest BCUT2D eigenvalue weighted by molar-refractivity contribution is -0.140. The van der Waals surface area contributed by atoms with Crippen molar-refractivity contribution in [2.45, 2.75) is 38.1 Å². The summed E-state index contributed by atoms with van der Waals surface area (Å²) in [6.07, 6.45) is 2.25. The molecule has 0 atom stereocenters. The summed E-state index contributed by atoms with van der Waals surface area (Å²) in [5.74, 6) is -0.904. The molecule has 0 saturated carbocycles. The number of aliphatic carboxylic acids is 1. The van der Waals surface area contributed by atoms with E-state index in [4.69, 9.17) is 5.11 Å². The van der Waals surface area contributed by atoms with Crippen molar-refractivity contribution in [2.24, 2.45) is 5.41 Å². The minimum absolute atomic E-state index is 0.00496. The van der Waals surface area contributed by atoms with E-state index in [2.05, 4.69) is 0 Å². The average Bonchev–Trinajstić information content (AvgIpc) is 2.37. The van der Waals surface area contributed by atoms with Crippen LogP contribution in [0.1, 0.15) is 32.3 Å². The Morgan fingerprint density at radius 2 is 1.76 bits per heavy atom. The van der Waals surface area contributed by atoms with Crippen LogP contribution in [-0.2, 0) is 16.1 Å². The van der Waals surface area contributed by atoms with Gasteiger partial charge in [-0.1, -0.05) is 26.0 Å². The molecular weight excluding hydrogens is 286 g/mol. The molecule has 21 heavy (non-hydrogen) atoms. The van der Waals surface area contributed by atoms with Gasteiger partial charge in [-0.05, 0) is 29.4 Å². The monoisotopic (exact) mass is 309 g/mol. The molecule has 0 spiro atoms. The van der Waals surface area contributed by atoms with Crippen molar-refractivity contribution in [2.75, 3.05) is 13.3 Å². The van der Waals surface area contributed by atoms with E-state index < -0.39 is 11.4 Å². The third kappa shape index (κ3) is 6.21. The lowest BCUT2D eigenvalue weighted by atomic mass is 9.85. The molecule has 0 saturated heterocycles. The summed E-state index contributed by atoms with van der Waals surface area (Å²) in [6, 6.07) is 8.09. The molecule has 0 aliphatic heterocycles. The normalized spacial score (nSPS) is 11.2. The molecule has 0 fully saturated rings. The fraction of sp³-hybridized carbons (Fsp3) is 0.500. The first-order valence-electron chi connectivity index (χ1n) is 6.82. The number of nitrogens with zero attached hydrogens (tertiary/aromatic N) is 1. The van der Waals surface area contributed by atoms with Crippen LogP contribution in [0.5, 0.6) is 0 Å². The van der Waals surface area contributed by atoms with Crippen molar-refractivity contribution < 1.29 is 14.7 Å². The van der Waals surface area contributed by atoms with Crippen LogP contribution < -0.4 is 0 Å². The maximum atomic E-state index is 12.2. The Hall–Kier alpha value is -1.49. The topological polar surface area (TPSA) is 57.6 Å². The molecule has 0 aromatic heterocycles. The number of carbonyl (C=O) groups is 2. The Labute approximate surface area is 130 Å². The zero-order valence-corrected chi connectivity index (χ0v) is 13.9. The molecule has 0 unspecified atom stereocenters. The molecular formula is C16H23NO3S. The number of benzene rings is 1. The van der Waals surface area contributed by atoms with Gasteiger partial charge < -0.3 is 10.0 Å². The van der Waals surface area contributed by atoms with Gasteiger partial charge in [0, 0.05) is 24.9 Å². The van der Waals surface area contributed by atoms with Crippen molar-refractivity contribution in [3.8, 4) is 0 Å². The lowest BCUT2D eigenvalue weighted by Gasteiger charge is -2.25. The average molecular weight is 309 g/mol. The summed E-state index contributed by atoms with van der Waals surface area (Å²) < 4.78 is 0. The summed E-state index contributed by atoms with van der Waals surface area (Å²) in [4.78, 5) is 25.8. The largest absolute Gasteiger partial charge is 0.481 e. The fourth-order valence-corrected chi connectivity index (χ4v) is 2.52. The van der Waals surface area contributed by atoms with E-state index in [1.54, 1.807) is 37.6 Å². The van der Waals surface area contributed by atoms with Crippen LogP contribution in [-0.4, -0.2) is 35.2 Å². The maximum Gasteiger partial charge on any atom is 0.303 e. The van der Waals surface area contributed by atoms with Gasteiger partial charge in [-0.25, -0.2) is 0 Å². The van der Waals surface area contributed by atoms with Gasteiger partial charge in [0.15, 0.2) is 0 Å². The smallest absolute Gasteiger partial charge is 0.303 e. The number of amides is 1. The van der Waals surface area contributed by atoms with E-state index in [0.29, 0.717) is 6.54 Å². The van der Waals surface area contributed by atoms with Crippen LogP contribution >= 0.6 is 11.8 Å². The van der Waals surface area contributed by atoms with E-state index in [9.17, 15) is 9.59 Å². The Morgan fingerprint density at radius 3 is 2.24 bits per heavy atom. The van der Waals surface area contributed by atoms with Gasteiger partial charge in [-0.15, -0.1) is 11.8 Å². The first-order chi connectivity index (χ1) is 9.73. The number of carboxylic acids is 1. The van der Waals surface area contributed by atoms with Gasteiger partial charge in [0.25, 0.3) is 0 Å². The predicted molar refractivity (Wildman–Crippen MR) is 85.3 cm³/mol. The Bertz CT molecular complexity index is 497. The van der Waals surface area contributed by atoms with E-state index in [-0.39, 0.29) is 18.7 Å². The lowest BCUT2D eigenvalue weighted by Crippen LogP contribution is -2.31. The van der Waals surface area contributed by atoms with Crippen molar-refractivity contribution in [1.82, 2.24) is 4.90 Å². The highest BCUT2D eigenvalue weighted by Crippen LogP contribution is 2.26. The van der Waals surface area contributed by atoms with Gasteiger partial charge in [-0.2, -0.15) is 0 Å².